The number of rotatable bonds is 4. The molecule has 0 heterocycles. The summed E-state index contributed by atoms with van der Waals surface area (Å²) < 4.78 is 0. The third kappa shape index (κ3) is 3.47. The van der Waals surface area contributed by atoms with E-state index < -0.39 is 5.97 Å². The number of carbonyl (C=O) groups excluding carboxylic acids is 1. The number of nitrogens with one attached hydrogen (secondary N) is 2. The molecule has 0 bridgehead atoms. The maximum atomic E-state index is 11.7. The second kappa shape index (κ2) is 5.30. The van der Waals surface area contributed by atoms with Crippen molar-refractivity contribution in [2.45, 2.75) is 32.7 Å². The normalized spacial score (nSPS) is 15.7. The highest BCUT2D eigenvalue weighted by Crippen LogP contribution is 2.32. The molecule has 19 heavy (non-hydrogen) atoms. The molecule has 1 atom stereocenters. The lowest BCUT2D eigenvalue weighted by Crippen LogP contribution is -2.37. The van der Waals surface area contributed by atoms with E-state index in [1.807, 2.05) is 6.92 Å². The Kier molecular flexibility index (Phi) is 3.74. The minimum atomic E-state index is -0.962. The summed E-state index contributed by atoms with van der Waals surface area (Å²) in [4.78, 5) is 22.6. The minimum Gasteiger partial charge on any atom is -0.478 e. The van der Waals surface area contributed by atoms with Gasteiger partial charge < -0.3 is 15.7 Å². The van der Waals surface area contributed by atoms with Gasteiger partial charge in [-0.2, -0.15) is 0 Å². The maximum absolute atomic E-state index is 11.7. The summed E-state index contributed by atoms with van der Waals surface area (Å²) in [5.41, 5.74) is 1.47. The summed E-state index contributed by atoms with van der Waals surface area (Å²) in [5, 5.41) is 14.5. The number of carbonyl (C=O) groups is 2. The number of benzene rings is 1. The summed E-state index contributed by atoms with van der Waals surface area (Å²) in [7, 11) is 0. The predicted molar refractivity (Wildman–Crippen MR) is 72.5 cm³/mol. The SMILES string of the molecule is Cc1cc(NC(=O)NC(C)C2CC2)ccc1C(=O)O. The van der Waals surface area contributed by atoms with E-state index in [1.54, 1.807) is 19.1 Å². The Labute approximate surface area is 112 Å². The molecule has 1 unspecified atom stereocenters. The minimum absolute atomic E-state index is 0.180. The lowest BCUT2D eigenvalue weighted by Gasteiger charge is -2.14. The van der Waals surface area contributed by atoms with Gasteiger partial charge in [0.1, 0.15) is 0 Å². The predicted octanol–water partition coefficient (Wildman–Crippen LogP) is 2.61. The summed E-state index contributed by atoms with van der Waals surface area (Å²) in [6.45, 7) is 3.70. The Bertz CT molecular complexity index is 509. The van der Waals surface area contributed by atoms with E-state index in [-0.39, 0.29) is 17.6 Å². The molecule has 1 saturated carbocycles. The van der Waals surface area contributed by atoms with Gasteiger partial charge in [0, 0.05) is 11.7 Å². The second-order valence-corrected chi connectivity index (χ2v) is 5.06. The van der Waals surface area contributed by atoms with E-state index in [0.29, 0.717) is 17.2 Å². The van der Waals surface area contributed by atoms with Crippen molar-refractivity contribution in [3.05, 3.63) is 29.3 Å². The molecule has 2 rings (SSSR count). The zero-order chi connectivity index (χ0) is 14.0. The van der Waals surface area contributed by atoms with Crippen molar-refractivity contribution in [2.75, 3.05) is 5.32 Å². The number of hydrogen-bond donors (Lipinski definition) is 3. The third-order valence-corrected chi connectivity index (χ3v) is 3.40. The fraction of sp³-hybridized carbons (Fsp3) is 0.429. The van der Waals surface area contributed by atoms with E-state index in [4.69, 9.17) is 5.11 Å². The van der Waals surface area contributed by atoms with Crippen molar-refractivity contribution in [2.24, 2.45) is 5.92 Å². The molecular formula is C14H18N2O3. The molecule has 2 amide bonds. The number of urea groups is 1. The smallest absolute Gasteiger partial charge is 0.335 e. The standard InChI is InChI=1S/C14H18N2O3/c1-8-7-11(5-6-12(8)13(17)18)16-14(19)15-9(2)10-3-4-10/h5-7,9-10H,3-4H2,1-2H3,(H,17,18)(H2,15,16,19). The molecule has 1 aromatic carbocycles. The van der Waals surface area contributed by atoms with Crippen LogP contribution in [0.5, 0.6) is 0 Å². The van der Waals surface area contributed by atoms with Gasteiger partial charge in [0.15, 0.2) is 0 Å². The number of amides is 2. The zero-order valence-corrected chi connectivity index (χ0v) is 11.1. The van der Waals surface area contributed by atoms with Gasteiger partial charge in [-0.15, -0.1) is 0 Å². The molecule has 0 aromatic heterocycles. The van der Waals surface area contributed by atoms with Crippen LogP contribution in [-0.2, 0) is 0 Å². The third-order valence-electron chi connectivity index (χ3n) is 3.40. The first kappa shape index (κ1) is 13.4. The van der Waals surface area contributed by atoms with Gasteiger partial charge in [0.05, 0.1) is 5.56 Å². The van der Waals surface area contributed by atoms with Crippen molar-refractivity contribution >= 4 is 17.7 Å². The average Bonchev–Trinajstić information content (AvgIpc) is 3.11. The van der Waals surface area contributed by atoms with Crippen LogP contribution in [0.25, 0.3) is 0 Å². The fourth-order valence-corrected chi connectivity index (χ4v) is 2.07. The van der Waals surface area contributed by atoms with E-state index in [0.717, 1.165) is 0 Å². The van der Waals surface area contributed by atoms with Crippen LogP contribution in [0, 0.1) is 12.8 Å². The Morgan fingerprint density at radius 2 is 2.05 bits per heavy atom. The van der Waals surface area contributed by atoms with Crippen molar-refractivity contribution in [3.63, 3.8) is 0 Å². The zero-order valence-electron chi connectivity index (χ0n) is 11.1. The van der Waals surface area contributed by atoms with Crippen LogP contribution < -0.4 is 10.6 Å². The number of hydrogen-bond acceptors (Lipinski definition) is 2. The van der Waals surface area contributed by atoms with Crippen LogP contribution in [0.3, 0.4) is 0 Å². The number of carboxylic acid groups (broad SMARTS) is 1. The Morgan fingerprint density at radius 1 is 1.37 bits per heavy atom. The summed E-state index contributed by atoms with van der Waals surface area (Å²) >= 11 is 0. The Balaban J connectivity index is 1.96. The molecular weight excluding hydrogens is 244 g/mol. The van der Waals surface area contributed by atoms with Gasteiger partial charge in [0.2, 0.25) is 0 Å². The largest absolute Gasteiger partial charge is 0.478 e. The molecule has 5 nitrogen and oxygen atoms in total. The van der Waals surface area contributed by atoms with E-state index >= 15 is 0 Å². The van der Waals surface area contributed by atoms with Gasteiger partial charge in [-0.1, -0.05) is 0 Å². The Morgan fingerprint density at radius 3 is 2.58 bits per heavy atom. The highest BCUT2D eigenvalue weighted by molar-refractivity contribution is 5.92. The quantitative estimate of drug-likeness (QED) is 0.780. The molecule has 0 aliphatic heterocycles. The average molecular weight is 262 g/mol. The number of carboxylic acids is 1. The number of anilines is 1. The van der Waals surface area contributed by atoms with Crippen molar-refractivity contribution in [1.82, 2.24) is 5.32 Å². The summed E-state index contributed by atoms with van der Waals surface area (Å²) in [6.07, 6.45) is 2.35. The molecule has 3 N–H and O–H groups in total. The summed E-state index contributed by atoms with van der Waals surface area (Å²) in [6, 6.07) is 4.68. The van der Waals surface area contributed by atoms with Crippen LogP contribution in [0.1, 0.15) is 35.7 Å². The number of aryl methyl sites for hydroxylation is 1. The lowest BCUT2D eigenvalue weighted by atomic mass is 10.1. The molecule has 0 saturated heterocycles. The molecule has 0 radical (unpaired) electrons. The highest BCUT2D eigenvalue weighted by Gasteiger charge is 2.28. The van der Waals surface area contributed by atoms with Crippen LogP contribution in [0.4, 0.5) is 10.5 Å². The Hall–Kier alpha value is -2.04. The van der Waals surface area contributed by atoms with Crippen molar-refractivity contribution in [1.29, 1.82) is 0 Å². The monoisotopic (exact) mass is 262 g/mol. The van der Waals surface area contributed by atoms with Gasteiger partial charge >= 0.3 is 12.0 Å². The topological polar surface area (TPSA) is 78.4 Å². The van der Waals surface area contributed by atoms with Gasteiger partial charge in [-0.25, -0.2) is 9.59 Å². The summed E-state index contributed by atoms with van der Waals surface area (Å²) in [5.74, 6) is -0.363. The first-order valence-corrected chi connectivity index (χ1v) is 6.39. The van der Waals surface area contributed by atoms with Crippen LogP contribution in [0.2, 0.25) is 0 Å². The maximum Gasteiger partial charge on any atom is 0.335 e. The van der Waals surface area contributed by atoms with Crippen LogP contribution in [-0.4, -0.2) is 23.1 Å². The first-order valence-electron chi connectivity index (χ1n) is 6.39. The second-order valence-electron chi connectivity index (χ2n) is 5.06. The van der Waals surface area contributed by atoms with Crippen molar-refractivity contribution < 1.29 is 14.7 Å². The van der Waals surface area contributed by atoms with Crippen molar-refractivity contribution in [3.8, 4) is 0 Å². The van der Waals surface area contributed by atoms with E-state index in [9.17, 15) is 9.59 Å². The van der Waals surface area contributed by atoms with E-state index in [1.165, 1.54) is 18.9 Å². The lowest BCUT2D eigenvalue weighted by molar-refractivity contribution is 0.0696. The number of aromatic carboxylic acids is 1. The fourth-order valence-electron chi connectivity index (χ4n) is 2.07. The van der Waals surface area contributed by atoms with Gasteiger partial charge in [-0.05, 0) is 56.4 Å². The van der Waals surface area contributed by atoms with Gasteiger partial charge in [0.25, 0.3) is 0 Å². The molecule has 102 valence electrons. The van der Waals surface area contributed by atoms with Crippen LogP contribution in [0.15, 0.2) is 18.2 Å². The molecule has 1 aliphatic carbocycles. The molecule has 1 aromatic rings. The van der Waals surface area contributed by atoms with Crippen LogP contribution >= 0.6 is 0 Å². The molecule has 1 fully saturated rings. The molecule has 5 heteroatoms. The molecule has 0 spiro atoms. The van der Waals surface area contributed by atoms with Gasteiger partial charge in [-0.3, -0.25) is 0 Å². The molecule has 1 aliphatic rings. The highest BCUT2D eigenvalue weighted by atomic mass is 16.4. The van der Waals surface area contributed by atoms with E-state index in [2.05, 4.69) is 10.6 Å². The first-order chi connectivity index (χ1) is 8.97.